The third-order valence-corrected chi connectivity index (χ3v) is 2.99. The summed E-state index contributed by atoms with van der Waals surface area (Å²) in [6.07, 6.45) is -2.75. The van der Waals surface area contributed by atoms with Gasteiger partial charge in [0.1, 0.15) is 11.7 Å². The van der Waals surface area contributed by atoms with E-state index in [0.29, 0.717) is 5.56 Å². The van der Waals surface area contributed by atoms with Crippen molar-refractivity contribution in [1.29, 1.82) is 0 Å². The summed E-state index contributed by atoms with van der Waals surface area (Å²) >= 11 is 0. The Balaban J connectivity index is 2.51. The molecule has 0 fully saturated rings. The van der Waals surface area contributed by atoms with E-state index in [0.717, 1.165) is 0 Å². The van der Waals surface area contributed by atoms with Crippen molar-refractivity contribution in [2.75, 3.05) is 6.54 Å². The maximum absolute atomic E-state index is 11.5. The Bertz CT molecular complexity index is 554. The smallest absolute Gasteiger partial charge is 0.407 e. The van der Waals surface area contributed by atoms with E-state index in [1.165, 1.54) is 12.1 Å². The molecule has 2 unspecified atom stereocenters. The van der Waals surface area contributed by atoms with E-state index in [4.69, 9.17) is 10.5 Å². The van der Waals surface area contributed by atoms with Crippen LogP contribution < -0.4 is 11.1 Å². The number of amides is 2. The van der Waals surface area contributed by atoms with Gasteiger partial charge in [0.2, 0.25) is 5.91 Å². The first-order chi connectivity index (χ1) is 10.6. The maximum atomic E-state index is 11.5. The fourth-order valence-corrected chi connectivity index (χ4v) is 1.89. The van der Waals surface area contributed by atoms with E-state index in [-0.39, 0.29) is 18.5 Å². The minimum Gasteiger partial charge on any atom is -0.444 e. The lowest BCUT2D eigenvalue weighted by atomic mass is 10.00. The largest absolute Gasteiger partial charge is 0.444 e. The number of primary amides is 1. The first kappa shape index (κ1) is 18.9. The highest BCUT2D eigenvalue weighted by molar-refractivity contribution is 5.92. The highest BCUT2D eigenvalue weighted by Crippen LogP contribution is 2.20. The van der Waals surface area contributed by atoms with Crippen molar-refractivity contribution in [2.45, 2.75) is 45.0 Å². The highest BCUT2D eigenvalue weighted by Gasteiger charge is 2.20. The van der Waals surface area contributed by atoms with Crippen LogP contribution in [0.15, 0.2) is 24.3 Å². The topological polar surface area (TPSA) is 122 Å². The number of rotatable bonds is 6. The van der Waals surface area contributed by atoms with Crippen LogP contribution in [0.3, 0.4) is 0 Å². The Morgan fingerprint density at radius 1 is 1.30 bits per heavy atom. The molecule has 1 aromatic carbocycles. The molecule has 2 atom stereocenters. The lowest BCUT2D eigenvalue weighted by Gasteiger charge is -2.21. The molecule has 0 heterocycles. The number of aliphatic hydroxyl groups excluding tert-OH is 2. The zero-order chi connectivity index (χ0) is 17.6. The molecule has 0 bridgehead atoms. The number of hydrogen-bond acceptors (Lipinski definition) is 5. The number of alkyl carbamates (subject to hydrolysis) is 1. The van der Waals surface area contributed by atoms with E-state index < -0.39 is 29.8 Å². The number of carbonyl (C=O) groups is 2. The van der Waals surface area contributed by atoms with Crippen LogP contribution in [0.1, 0.15) is 49.2 Å². The van der Waals surface area contributed by atoms with Crippen molar-refractivity contribution in [1.82, 2.24) is 5.32 Å². The lowest BCUT2D eigenvalue weighted by molar-refractivity contribution is 0.0122. The van der Waals surface area contributed by atoms with E-state index >= 15 is 0 Å². The summed E-state index contributed by atoms with van der Waals surface area (Å²) in [5.74, 6) is -0.611. The molecular weight excluding hydrogens is 300 g/mol. The number of nitrogens with two attached hydrogens (primary N) is 1. The number of carbonyl (C=O) groups excluding carboxylic acids is 2. The number of nitrogens with one attached hydrogen (secondary N) is 1. The summed E-state index contributed by atoms with van der Waals surface area (Å²) in [5, 5.41) is 22.6. The van der Waals surface area contributed by atoms with E-state index in [1.54, 1.807) is 32.9 Å². The Labute approximate surface area is 135 Å². The quantitative estimate of drug-likeness (QED) is 0.624. The molecule has 5 N–H and O–H groups in total. The van der Waals surface area contributed by atoms with Gasteiger partial charge in [-0.05, 0) is 44.9 Å². The van der Waals surface area contributed by atoms with Crippen molar-refractivity contribution < 1.29 is 24.5 Å². The molecule has 0 aliphatic heterocycles. The average molecular weight is 324 g/mol. The van der Waals surface area contributed by atoms with Crippen molar-refractivity contribution in [2.24, 2.45) is 5.73 Å². The van der Waals surface area contributed by atoms with Gasteiger partial charge in [-0.2, -0.15) is 0 Å². The molecule has 0 aromatic heterocycles. The second-order valence-electron chi connectivity index (χ2n) is 6.22. The Hall–Kier alpha value is -2.12. The monoisotopic (exact) mass is 324 g/mol. The Morgan fingerprint density at radius 3 is 2.52 bits per heavy atom. The molecule has 2 amide bonds. The molecular formula is C16H24N2O5. The number of aliphatic hydroxyl groups is 2. The first-order valence-corrected chi connectivity index (χ1v) is 7.33. The van der Waals surface area contributed by atoms with E-state index in [2.05, 4.69) is 5.32 Å². The third kappa shape index (κ3) is 6.66. The normalized spacial score (nSPS) is 14.0. The summed E-state index contributed by atoms with van der Waals surface area (Å²) in [7, 11) is 0. The summed E-state index contributed by atoms with van der Waals surface area (Å²) in [5.41, 5.74) is 5.21. The average Bonchev–Trinajstić information content (AvgIpc) is 2.44. The summed E-state index contributed by atoms with van der Waals surface area (Å²) < 4.78 is 5.06. The predicted octanol–water partition coefficient (Wildman–Crippen LogP) is 1.09. The summed E-state index contributed by atoms with van der Waals surface area (Å²) in [6.45, 7) is 5.38. The fraction of sp³-hybridized carbons (Fsp3) is 0.500. The number of benzene rings is 1. The second kappa shape index (κ2) is 7.94. The molecule has 0 spiro atoms. The Kier molecular flexibility index (Phi) is 6.53. The van der Waals surface area contributed by atoms with Gasteiger partial charge in [-0.3, -0.25) is 4.79 Å². The minimum atomic E-state index is -1.19. The van der Waals surface area contributed by atoms with Crippen LogP contribution in [0.4, 0.5) is 4.79 Å². The fourth-order valence-electron chi connectivity index (χ4n) is 1.89. The van der Waals surface area contributed by atoms with Crippen LogP contribution in [0.25, 0.3) is 0 Å². The SMILES string of the molecule is CC(C)(C)OC(=O)NCCC(O)C(O)c1cccc(C(N)=O)c1. The first-order valence-electron chi connectivity index (χ1n) is 7.33. The standard InChI is InChI=1S/C16H24N2O5/c1-16(2,3)23-15(22)18-8-7-12(19)13(20)10-5-4-6-11(9-10)14(17)21/h4-6,9,12-13,19-20H,7-8H2,1-3H3,(H2,17,21)(H,18,22). The van der Waals surface area contributed by atoms with Gasteiger partial charge in [-0.1, -0.05) is 12.1 Å². The van der Waals surface area contributed by atoms with Gasteiger partial charge in [-0.25, -0.2) is 4.79 Å². The molecule has 128 valence electrons. The molecule has 7 heteroatoms. The maximum Gasteiger partial charge on any atom is 0.407 e. The van der Waals surface area contributed by atoms with Crippen LogP contribution in [0.2, 0.25) is 0 Å². The molecule has 0 aliphatic rings. The molecule has 1 aromatic rings. The summed E-state index contributed by atoms with van der Waals surface area (Å²) in [6, 6.07) is 6.11. The van der Waals surface area contributed by atoms with E-state index in [9.17, 15) is 19.8 Å². The van der Waals surface area contributed by atoms with Gasteiger partial charge in [0.15, 0.2) is 0 Å². The third-order valence-electron chi connectivity index (χ3n) is 2.99. The second-order valence-corrected chi connectivity index (χ2v) is 6.22. The molecule has 0 saturated carbocycles. The zero-order valence-electron chi connectivity index (χ0n) is 13.6. The highest BCUT2D eigenvalue weighted by atomic mass is 16.6. The van der Waals surface area contributed by atoms with E-state index in [1.807, 2.05) is 0 Å². The number of ether oxygens (including phenoxy) is 1. The van der Waals surface area contributed by atoms with Crippen LogP contribution in [0, 0.1) is 0 Å². The minimum absolute atomic E-state index is 0.126. The van der Waals surface area contributed by atoms with Crippen molar-refractivity contribution in [3.8, 4) is 0 Å². The molecule has 1 rings (SSSR count). The van der Waals surface area contributed by atoms with Gasteiger partial charge in [0.05, 0.1) is 6.10 Å². The summed E-state index contributed by atoms with van der Waals surface area (Å²) in [4.78, 5) is 22.6. The van der Waals surface area contributed by atoms with Crippen molar-refractivity contribution >= 4 is 12.0 Å². The van der Waals surface area contributed by atoms with Gasteiger partial charge in [-0.15, -0.1) is 0 Å². The van der Waals surface area contributed by atoms with Crippen LogP contribution in [-0.2, 0) is 4.74 Å². The predicted molar refractivity (Wildman–Crippen MR) is 84.8 cm³/mol. The van der Waals surface area contributed by atoms with Gasteiger partial charge >= 0.3 is 6.09 Å². The molecule has 23 heavy (non-hydrogen) atoms. The molecule has 0 radical (unpaired) electrons. The van der Waals surface area contributed by atoms with Crippen molar-refractivity contribution in [3.05, 3.63) is 35.4 Å². The number of hydrogen-bond donors (Lipinski definition) is 4. The van der Waals surface area contributed by atoms with Crippen LogP contribution >= 0.6 is 0 Å². The van der Waals surface area contributed by atoms with Crippen LogP contribution in [0.5, 0.6) is 0 Å². The van der Waals surface area contributed by atoms with Gasteiger partial charge in [0.25, 0.3) is 0 Å². The van der Waals surface area contributed by atoms with Gasteiger partial charge in [0, 0.05) is 12.1 Å². The zero-order valence-corrected chi connectivity index (χ0v) is 13.6. The van der Waals surface area contributed by atoms with Crippen LogP contribution in [-0.4, -0.2) is 40.5 Å². The van der Waals surface area contributed by atoms with Gasteiger partial charge < -0.3 is 26.0 Å². The van der Waals surface area contributed by atoms with Crippen molar-refractivity contribution in [3.63, 3.8) is 0 Å². The molecule has 0 saturated heterocycles. The molecule has 0 aliphatic carbocycles. The lowest BCUT2D eigenvalue weighted by Crippen LogP contribution is -2.34. The Morgan fingerprint density at radius 2 is 1.96 bits per heavy atom. The molecule has 7 nitrogen and oxygen atoms in total.